The van der Waals surface area contributed by atoms with Gasteiger partial charge in [0.05, 0.1) is 24.7 Å². The number of nitrogens with zero attached hydrogens (tertiary/aromatic N) is 2. The van der Waals surface area contributed by atoms with Crippen LogP contribution in [0.2, 0.25) is 0 Å². The molecular weight excluding hydrogens is 372 g/mol. The molecule has 0 aromatic heterocycles. The number of ether oxygens (including phenoxy) is 1. The lowest BCUT2D eigenvalue weighted by Gasteiger charge is -2.24. The Labute approximate surface area is 158 Å². The van der Waals surface area contributed by atoms with E-state index in [1.165, 1.54) is 11.8 Å². The number of rotatable bonds is 5. The van der Waals surface area contributed by atoms with Crippen molar-refractivity contribution < 1.29 is 17.9 Å². The van der Waals surface area contributed by atoms with E-state index in [1.54, 1.807) is 7.11 Å². The third-order valence-electron chi connectivity index (χ3n) is 4.68. The second-order valence-electron chi connectivity index (χ2n) is 6.98. The highest BCUT2D eigenvalue weighted by molar-refractivity contribution is 8.15. The van der Waals surface area contributed by atoms with Crippen LogP contribution in [-0.4, -0.2) is 60.8 Å². The standard InChI is InChI=1S/C18H24N2O4S2/c1-12(2)17(21)19-18-20(15-10-26(22,23)11-16(15)25-18)9-8-13-4-6-14(24-3)7-5-13/h4-7,12,15-16H,8-11H2,1-3H3/t15-,16+/m0/s1. The zero-order valence-corrected chi connectivity index (χ0v) is 16.8. The molecule has 1 aromatic rings. The van der Waals surface area contributed by atoms with E-state index in [9.17, 15) is 13.2 Å². The largest absolute Gasteiger partial charge is 0.497 e. The highest BCUT2D eigenvalue weighted by atomic mass is 32.2. The first kappa shape index (κ1) is 19.2. The summed E-state index contributed by atoms with van der Waals surface area (Å²) >= 11 is 1.43. The van der Waals surface area contributed by atoms with Gasteiger partial charge in [0.1, 0.15) is 5.75 Å². The second-order valence-corrected chi connectivity index (χ2v) is 10.3. The first-order valence-corrected chi connectivity index (χ1v) is 11.4. The third kappa shape index (κ3) is 4.23. The molecule has 0 spiro atoms. The lowest BCUT2D eigenvalue weighted by Crippen LogP contribution is -2.39. The average molecular weight is 397 g/mol. The predicted molar refractivity (Wildman–Crippen MR) is 105 cm³/mol. The predicted octanol–water partition coefficient (Wildman–Crippen LogP) is 1.99. The molecule has 2 aliphatic rings. The minimum absolute atomic E-state index is 0.0328. The molecular formula is C18H24N2O4S2. The van der Waals surface area contributed by atoms with Crippen molar-refractivity contribution >= 4 is 32.7 Å². The average Bonchev–Trinajstić information content (AvgIpc) is 3.04. The van der Waals surface area contributed by atoms with E-state index in [0.717, 1.165) is 17.7 Å². The fourth-order valence-corrected chi connectivity index (χ4v) is 7.15. The molecule has 1 amide bonds. The lowest BCUT2D eigenvalue weighted by atomic mass is 10.1. The summed E-state index contributed by atoms with van der Waals surface area (Å²) in [6, 6.07) is 7.73. The number of methoxy groups -OCH3 is 1. The summed E-state index contributed by atoms with van der Waals surface area (Å²) in [4.78, 5) is 18.4. The molecule has 2 aliphatic heterocycles. The Hall–Kier alpha value is -1.54. The van der Waals surface area contributed by atoms with Crippen molar-refractivity contribution in [3.63, 3.8) is 0 Å². The van der Waals surface area contributed by atoms with Gasteiger partial charge in [0.25, 0.3) is 5.91 Å². The Morgan fingerprint density at radius 1 is 1.31 bits per heavy atom. The topological polar surface area (TPSA) is 76.0 Å². The van der Waals surface area contributed by atoms with Gasteiger partial charge in [-0.05, 0) is 24.1 Å². The number of amides is 1. The van der Waals surface area contributed by atoms with Crippen LogP contribution in [0.3, 0.4) is 0 Å². The zero-order chi connectivity index (χ0) is 18.9. The van der Waals surface area contributed by atoms with Crippen molar-refractivity contribution in [3.8, 4) is 5.75 Å². The Morgan fingerprint density at radius 2 is 2.00 bits per heavy atom. The van der Waals surface area contributed by atoms with Crippen molar-refractivity contribution in [2.24, 2.45) is 10.9 Å². The number of fused-ring (bicyclic) bond motifs is 1. The van der Waals surface area contributed by atoms with Crippen molar-refractivity contribution in [2.45, 2.75) is 31.6 Å². The molecule has 1 aromatic carbocycles. The van der Waals surface area contributed by atoms with Crippen molar-refractivity contribution in [1.29, 1.82) is 0 Å². The molecule has 2 saturated heterocycles. The monoisotopic (exact) mass is 396 g/mol. The summed E-state index contributed by atoms with van der Waals surface area (Å²) in [6.45, 7) is 4.28. The number of aliphatic imine (C=N–C) groups is 1. The van der Waals surface area contributed by atoms with Gasteiger partial charge in [-0.15, -0.1) is 0 Å². The van der Waals surface area contributed by atoms with Gasteiger partial charge in [0, 0.05) is 17.7 Å². The summed E-state index contributed by atoms with van der Waals surface area (Å²) in [5.74, 6) is 0.774. The summed E-state index contributed by atoms with van der Waals surface area (Å²) in [5, 5.41) is 0.636. The molecule has 26 heavy (non-hydrogen) atoms. The van der Waals surface area contributed by atoms with E-state index >= 15 is 0 Å². The van der Waals surface area contributed by atoms with Crippen molar-refractivity contribution in [3.05, 3.63) is 29.8 Å². The van der Waals surface area contributed by atoms with Gasteiger partial charge >= 0.3 is 0 Å². The minimum Gasteiger partial charge on any atom is -0.497 e. The van der Waals surface area contributed by atoms with Crippen molar-refractivity contribution in [2.75, 3.05) is 25.2 Å². The fraction of sp³-hybridized carbons (Fsp3) is 0.556. The van der Waals surface area contributed by atoms with Crippen LogP contribution in [0.1, 0.15) is 19.4 Å². The van der Waals surface area contributed by atoms with Gasteiger partial charge < -0.3 is 9.64 Å². The van der Waals surface area contributed by atoms with E-state index in [1.807, 2.05) is 43.0 Å². The molecule has 0 radical (unpaired) electrons. The molecule has 0 unspecified atom stereocenters. The van der Waals surface area contributed by atoms with Crippen LogP contribution in [0.5, 0.6) is 5.75 Å². The molecule has 2 heterocycles. The van der Waals surface area contributed by atoms with Crippen LogP contribution in [-0.2, 0) is 21.1 Å². The molecule has 0 bridgehead atoms. The van der Waals surface area contributed by atoms with Crippen LogP contribution in [0.15, 0.2) is 29.3 Å². The number of sulfone groups is 1. The number of thioether (sulfide) groups is 1. The maximum Gasteiger partial charge on any atom is 0.250 e. The summed E-state index contributed by atoms with van der Waals surface area (Å²) in [5.41, 5.74) is 1.13. The maximum absolute atomic E-state index is 12.1. The van der Waals surface area contributed by atoms with Gasteiger partial charge in [-0.3, -0.25) is 4.79 Å². The lowest BCUT2D eigenvalue weighted by molar-refractivity contribution is -0.120. The van der Waals surface area contributed by atoms with E-state index < -0.39 is 9.84 Å². The molecule has 3 rings (SSSR count). The third-order valence-corrected chi connectivity index (χ3v) is 7.92. The Bertz CT molecular complexity index is 803. The summed E-state index contributed by atoms with van der Waals surface area (Å²) in [6.07, 6.45) is 0.753. The number of amidine groups is 1. The van der Waals surface area contributed by atoms with Gasteiger partial charge in [-0.1, -0.05) is 37.7 Å². The van der Waals surface area contributed by atoms with E-state index in [0.29, 0.717) is 11.7 Å². The van der Waals surface area contributed by atoms with Gasteiger partial charge in [-0.25, -0.2) is 8.42 Å². The Kier molecular flexibility index (Phi) is 5.62. The molecule has 0 aliphatic carbocycles. The minimum atomic E-state index is -3.02. The number of benzene rings is 1. The van der Waals surface area contributed by atoms with Crippen LogP contribution in [0, 0.1) is 5.92 Å². The van der Waals surface area contributed by atoms with Crippen LogP contribution < -0.4 is 4.74 Å². The highest BCUT2D eigenvalue weighted by Gasteiger charge is 2.48. The normalized spacial score (nSPS) is 25.7. The molecule has 0 N–H and O–H groups in total. The molecule has 142 valence electrons. The molecule has 2 fully saturated rings. The SMILES string of the molecule is COc1ccc(CCN2C(=NC(=O)C(C)C)S[C@@H]3CS(=O)(=O)C[C@@H]32)cc1. The first-order chi connectivity index (χ1) is 12.3. The number of carbonyl (C=O) groups excluding carboxylic acids is 1. The van der Waals surface area contributed by atoms with Gasteiger partial charge in [0.15, 0.2) is 15.0 Å². The molecule has 2 atom stereocenters. The van der Waals surface area contributed by atoms with Crippen molar-refractivity contribution in [1.82, 2.24) is 4.90 Å². The fourth-order valence-electron chi connectivity index (χ4n) is 3.16. The van der Waals surface area contributed by atoms with E-state index in [2.05, 4.69) is 4.99 Å². The Balaban J connectivity index is 1.77. The van der Waals surface area contributed by atoms with Crippen LogP contribution >= 0.6 is 11.8 Å². The second kappa shape index (κ2) is 7.60. The molecule has 0 saturated carbocycles. The quantitative estimate of drug-likeness (QED) is 0.758. The van der Waals surface area contributed by atoms with Crippen LogP contribution in [0.25, 0.3) is 0 Å². The summed E-state index contributed by atoms with van der Waals surface area (Å²) in [7, 11) is -1.39. The zero-order valence-electron chi connectivity index (χ0n) is 15.2. The first-order valence-electron chi connectivity index (χ1n) is 8.68. The van der Waals surface area contributed by atoms with Gasteiger partial charge in [-0.2, -0.15) is 4.99 Å². The number of hydrogen-bond acceptors (Lipinski definition) is 5. The van der Waals surface area contributed by atoms with E-state index in [-0.39, 0.29) is 34.6 Å². The number of hydrogen-bond donors (Lipinski definition) is 0. The maximum atomic E-state index is 12.1. The van der Waals surface area contributed by atoms with Gasteiger partial charge in [0.2, 0.25) is 0 Å². The highest BCUT2D eigenvalue weighted by Crippen LogP contribution is 2.38. The molecule has 8 heteroatoms. The smallest absolute Gasteiger partial charge is 0.250 e. The van der Waals surface area contributed by atoms with Crippen LogP contribution in [0.4, 0.5) is 0 Å². The van der Waals surface area contributed by atoms with E-state index in [4.69, 9.17) is 4.74 Å². The number of carbonyl (C=O) groups is 1. The summed E-state index contributed by atoms with van der Waals surface area (Å²) < 4.78 is 29.2. The Morgan fingerprint density at radius 3 is 2.62 bits per heavy atom. The molecule has 6 nitrogen and oxygen atoms in total.